The van der Waals surface area contributed by atoms with Gasteiger partial charge in [0.1, 0.15) is 0 Å². The molecule has 1 rings (SSSR count). The van der Waals surface area contributed by atoms with Crippen LogP contribution in [-0.4, -0.2) is 27.9 Å². The van der Waals surface area contributed by atoms with Gasteiger partial charge in [0.25, 0.3) is 0 Å². The number of rotatable bonds is 5. The first-order valence-electron chi connectivity index (χ1n) is 5.94. The van der Waals surface area contributed by atoms with Gasteiger partial charge < -0.3 is 10.6 Å². The predicted molar refractivity (Wildman–Crippen MR) is 68.2 cm³/mol. The summed E-state index contributed by atoms with van der Waals surface area (Å²) in [5.74, 6) is 0.0962. The molecule has 4 heteroatoms. The molecule has 0 bridgehead atoms. The third-order valence-electron chi connectivity index (χ3n) is 2.52. The van der Waals surface area contributed by atoms with Crippen molar-refractivity contribution in [3.05, 3.63) is 30.1 Å². The first-order chi connectivity index (χ1) is 8.00. The third-order valence-corrected chi connectivity index (χ3v) is 2.52. The van der Waals surface area contributed by atoms with Gasteiger partial charge in [0, 0.05) is 37.4 Å². The molecule has 94 valence electrons. The zero-order valence-electron chi connectivity index (χ0n) is 10.8. The van der Waals surface area contributed by atoms with Crippen LogP contribution in [0.2, 0.25) is 0 Å². The van der Waals surface area contributed by atoms with Gasteiger partial charge in [-0.3, -0.25) is 9.78 Å². The van der Waals surface area contributed by atoms with Crippen molar-refractivity contribution in [1.29, 1.82) is 0 Å². The van der Waals surface area contributed by atoms with Gasteiger partial charge in [0.2, 0.25) is 5.91 Å². The van der Waals surface area contributed by atoms with E-state index in [0.717, 1.165) is 5.56 Å². The molecule has 1 aromatic rings. The highest BCUT2D eigenvalue weighted by atomic mass is 16.2. The van der Waals surface area contributed by atoms with Crippen molar-refractivity contribution in [1.82, 2.24) is 9.88 Å². The van der Waals surface area contributed by atoms with E-state index in [1.807, 2.05) is 37.8 Å². The summed E-state index contributed by atoms with van der Waals surface area (Å²) in [7, 11) is 0. The molecule has 17 heavy (non-hydrogen) atoms. The summed E-state index contributed by atoms with van der Waals surface area (Å²) in [6, 6.07) is 3.92. The number of hydrogen-bond donors (Lipinski definition) is 1. The minimum Gasteiger partial charge on any atom is -0.336 e. The van der Waals surface area contributed by atoms with Gasteiger partial charge in [0.05, 0.1) is 0 Å². The fourth-order valence-electron chi connectivity index (χ4n) is 1.64. The molecule has 0 radical (unpaired) electrons. The molecule has 0 saturated carbocycles. The van der Waals surface area contributed by atoms with E-state index < -0.39 is 0 Å². The van der Waals surface area contributed by atoms with Crippen LogP contribution in [-0.2, 0) is 11.3 Å². The van der Waals surface area contributed by atoms with Crippen molar-refractivity contribution >= 4 is 5.91 Å². The monoisotopic (exact) mass is 235 g/mol. The number of aromatic nitrogens is 1. The van der Waals surface area contributed by atoms with Crippen molar-refractivity contribution in [3.63, 3.8) is 0 Å². The largest absolute Gasteiger partial charge is 0.336 e. The Bertz CT molecular complexity index is 349. The molecule has 0 aliphatic heterocycles. The smallest absolute Gasteiger partial charge is 0.224 e. The standard InChI is InChI=1S/C13H21N3O/c1-10(2)16(13(17)7-11(3)14)9-12-5-4-6-15-8-12/h4-6,8,10-11H,7,9,14H2,1-3H3. The van der Waals surface area contributed by atoms with E-state index in [9.17, 15) is 4.79 Å². The quantitative estimate of drug-likeness (QED) is 0.842. The summed E-state index contributed by atoms with van der Waals surface area (Å²) in [4.78, 5) is 17.9. The van der Waals surface area contributed by atoms with Gasteiger partial charge in [-0.05, 0) is 32.4 Å². The Labute approximate surface area is 103 Å². The van der Waals surface area contributed by atoms with Crippen LogP contribution in [0.5, 0.6) is 0 Å². The minimum atomic E-state index is -0.0994. The Hall–Kier alpha value is -1.42. The average Bonchev–Trinajstić information content (AvgIpc) is 2.25. The zero-order chi connectivity index (χ0) is 12.8. The number of hydrogen-bond acceptors (Lipinski definition) is 3. The molecule has 1 unspecified atom stereocenters. The highest BCUT2D eigenvalue weighted by Gasteiger charge is 2.18. The summed E-state index contributed by atoms with van der Waals surface area (Å²) in [6.07, 6.45) is 3.90. The Morgan fingerprint density at radius 3 is 2.65 bits per heavy atom. The predicted octanol–water partition coefficient (Wildman–Crippen LogP) is 1.56. The van der Waals surface area contributed by atoms with Crippen molar-refractivity contribution in [2.45, 2.75) is 45.8 Å². The molecule has 0 aliphatic carbocycles. The lowest BCUT2D eigenvalue weighted by Gasteiger charge is -2.27. The van der Waals surface area contributed by atoms with E-state index >= 15 is 0 Å². The van der Waals surface area contributed by atoms with Crippen LogP contribution < -0.4 is 5.73 Å². The summed E-state index contributed by atoms with van der Waals surface area (Å²) in [6.45, 7) is 6.46. The lowest BCUT2D eigenvalue weighted by molar-refractivity contribution is -0.133. The fraction of sp³-hybridized carbons (Fsp3) is 0.538. The summed E-state index contributed by atoms with van der Waals surface area (Å²) in [5.41, 5.74) is 6.71. The molecule has 0 aromatic carbocycles. The molecule has 1 heterocycles. The third kappa shape index (κ3) is 4.53. The maximum Gasteiger partial charge on any atom is 0.224 e. The lowest BCUT2D eigenvalue weighted by Crippen LogP contribution is -2.39. The van der Waals surface area contributed by atoms with Crippen molar-refractivity contribution < 1.29 is 4.79 Å². The fourth-order valence-corrected chi connectivity index (χ4v) is 1.64. The van der Waals surface area contributed by atoms with E-state index in [4.69, 9.17) is 5.73 Å². The molecular formula is C13H21N3O. The van der Waals surface area contributed by atoms with Crippen LogP contribution in [0.3, 0.4) is 0 Å². The van der Waals surface area contributed by atoms with Crippen molar-refractivity contribution in [3.8, 4) is 0 Å². The van der Waals surface area contributed by atoms with Gasteiger partial charge in [0.15, 0.2) is 0 Å². The number of carbonyl (C=O) groups excluding carboxylic acids is 1. The van der Waals surface area contributed by atoms with Gasteiger partial charge in [-0.1, -0.05) is 6.07 Å². The number of nitrogens with zero attached hydrogens (tertiary/aromatic N) is 2. The first kappa shape index (κ1) is 13.6. The molecule has 1 atom stereocenters. The normalized spacial score (nSPS) is 12.5. The molecule has 0 saturated heterocycles. The van der Waals surface area contributed by atoms with Gasteiger partial charge in [-0.2, -0.15) is 0 Å². The van der Waals surface area contributed by atoms with Gasteiger partial charge in [-0.15, -0.1) is 0 Å². The maximum atomic E-state index is 12.0. The number of carbonyl (C=O) groups is 1. The maximum absolute atomic E-state index is 12.0. The molecule has 1 amide bonds. The van der Waals surface area contributed by atoms with E-state index in [1.165, 1.54) is 0 Å². The van der Waals surface area contributed by atoms with Crippen molar-refractivity contribution in [2.75, 3.05) is 0 Å². The van der Waals surface area contributed by atoms with Crippen LogP contribution in [0.1, 0.15) is 32.8 Å². The zero-order valence-corrected chi connectivity index (χ0v) is 10.8. The molecule has 0 spiro atoms. The Balaban J connectivity index is 2.70. The first-order valence-corrected chi connectivity index (χ1v) is 5.94. The second-order valence-electron chi connectivity index (χ2n) is 4.66. The minimum absolute atomic E-state index is 0.0962. The van der Waals surface area contributed by atoms with Crippen LogP contribution in [0.25, 0.3) is 0 Å². The SMILES string of the molecule is CC(N)CC(=O)N(Cc1cccnc1)C(C)C. The molecule has 2 N–H and O–H groups in total. The highest BCUT2D eigenvalue weighted by molar-refractivity contribution is 5.77. The van der Waals surface area contributed by atoms with Crippen LogP contribution in [0, 0.1) is 0 Å². The van der Waals surface area contributed by atoms with Gasteiger partial charge in [-0.25, -0.2) is 0 Å². The van der Waals surface area contributed by atoms with Crippen molar-refractivity contribution in [2.24, 2.45) is 5.73 Å². The van der Waals surface area contributed by atoms with E-state index in [0.29, 0.717) is 13.0 Å². The Morgan fingerprint density at radius 1 is 1.47 bits per heavy atom. The lowest BCUT2D eigenvalue weighted by atomic mass is 10.1. The van der Waals surface area contributed by atoms with Gasteiger partial charge >= 0.3 is 0 Å². The second kappa shape index (κ2) is 6.35. The molecule has 0 fully saturated rings. The van der Waals surface area contributed by atoms with E-state index in [1.54, 1.807) is 12.4 Å². The van der Waals surface area contributed by atoms with E-state index in [-0.39, 0.29) is 18.0 Å². The Morgan fingerprint density at radius 2 is 2.18 bits per heavy atom. The summed E-state index contributed by atoms with van der Waals surface area (Å²) >= 11 is 0. The van der Waals surface area contributed by atoms with Crippen LogP contribution in [0.4, 0.5) is 0 Å². The molecule has 4 nitrogen and oxygen atoms in total. The molecule has 1 aromatic heterocycles. The number of pyridine rings is 1. The number of amides is 1. The van der Waals surface area contributed by atoms with Crippen LogP contribution >= 0.6 is 0 Å². The summed E-state index contributed by atoms with van der Waals surface area (Å²) < 4.78 is 0. The summed E-state index contributed by atoms with van der Waals surface area (Å²) in [5, 5.41) is 0. The second-order valence-corrected chi connectivity index (χ2v) is 4.66. The Kier molecular flexibility index (Phi) is 5.10. The average molecular weight is 235 g/mol. The highest BCUT2D eigenvalue weighted by Crippen LogP contribution is 2.09. The molecular weight excluding hydrogens is 214 g/mol. The molecule has 0 aliphatic rings. The van der Waals surface area contributed by atoms with Crippen LogP contribution in [0.15, 0.2) is 24.5 Å². The van der Waals surface area contributed by atoms with E-state index in [2.05, 4.69) is 4.98 Å². The number of nitrogens with two attached hydrogens (primary N) is 1. The topological polar surface area (TPSA) is 59.2 Å².